The number of rotatable bonds is 4. The Balaban J connectivity index is 2.37. The van der Waals surface area contributed by atoms with Crippen molar-refractivity contribution in [3.63, 3.8) is 0 Å². The first-order chi connectivity index (χ1) is 9.71. The summed E-state index contributed by atoms with van der Waals surface area (Å²) in [5, 5.41) is 9.60. The minimum absolute atomic E-state index is 0.0393. The quantitative estimate of drug-likeness (QED) is 0.789. The van der Waals surface area contributed by atoms with Crippen molar-refractivity contribution < 1.29 is 13.5 Å². The molecule has 1 aliphatic rings. The van der Waals surface area contributed by atoms with Crippen LogP contribution in [0.3, 0.4) is 0 Å². The van der Waals surface area contributed by atoms with Crippen molar-refractivity contribution in [2.45, 2.75) is 23.5 Å². The SMILES string of the molecule is CN(C)CC1CC(O)CN1S(=O)(=O)c1c[nH]c(=O)c(Cl)c1. The zero-order valence-electron chi connectivity index (χ0n) is 11.8. The van der Waals surface area contributed by atoms with E-state index in [1.807, 2.05) is 19.0 Å². The van der Waals surface area contributed by atoms with E-state index in [2.05, 4.69) is 4.98 Å². The maximum atomic E-state index is 12.7. The van der Waals surface area contributed by atoms with Crippen LogP contribution in [0, 0.1) is 0 Å². The van der Waals surface area contributed by atoms with Gasteiger partial charge in [-0.3, -0.25) is 4.79 Å². The van der Waals surface area contributed by atoms with Gasteiger partial charge < -0.3 is 15.0 Å². The molecule has 7 nitrogen and oxygen atoms in total. The number of aliphatic hydroxyl groups is 1. The zero-order valence-corrected chi connectivity index (χ0v) is 13.4. The van der Waals surface area contributed by atoms with Crippen LogP contribution < -0.4 is 5.56 Å². The molecule has 0 amide bonds. The summed E-state index contributed by atoms with van der Waals surface area (Å²) >= 11 is 5.69. The summed E-state index contributed by atoms with van der Waals surface area (Å²) < 4.78 is 26.6. The molecule has 1 aliphatic heterocycles. The molecule has 1 aromatic heterocycles. The number of pyridine rings is 1. The van der Waals surface area contributed by atoms with Crippen LogP contribution in [0.2, 0.25) is 5.02 Å². The van der Waals surface area contributed by atoms with Gasteiger partial charge in [0.15, 0.2) is 0 Å². The molecule has 0 aromatic carbocycles. The number of hydrogen-bond donors (Lipinski definition) is 2. The van der Waals surface area contributed by atoms with Gasteiger partial charge in [-0.1, -0.05) is 11.6 Å². The molecule has 0 aliphatic carbocycles. The highest BCUT2D eigenvalue weighted by molar-refractivity contribution is 7.89. The van der Waals surface area contributed by atoms with Crippen molar-refractivity contribution in [2.75, 3.05) is 27.2 Å². The Labute approximate surface area is 128 Å². The van der Waals surface area contributed by atoms with Crippen LogP contribution in [0.5, 0.6) is 0 Å². The number of H-pyrrole nitrogens is 1. The molecule has 21 heavy (non-hydrogen) atoms. The minimum Gasteiger partial charge on any atom is -0.392 e. The molecule has 9 heteroatoms. The van der Waals surface area contributed by atoms with Gasteiger partial charge in [-0.2, -0.15) is 4.31 Å². The van der Waals surface area contributed by atoms with Gasteiger partial charge in [0.25, 0.3) is 5.56 Å². The maximum Gasteiger partial charge on any atom is 0.266 e. The first kappa shape index (κ1) is 16.4. The number of hydrogen-bond acceptors (Lipinski definition) is 5. The molecule has 0 saturated carbocycles. The molecule has 1 saturated heterocycles. The van der Waals surface area contributed by atoms with E-state index in [0.29, 0.717) is 13.0 Å². The fraction of sp³-hybridized carbons (Fsp3) is 0.583. The minimum atomic E-state index is -3.81. The second kappa shape index (κ2) is 6.05. The number of nitrogens with one attached hydrogen (secondary N) is 1. The lowest BCUT2D eigenvalue weighted by Crippen LogP contribution is -2.41. The van der Waals surface area contributed by atoms with Crippen molar-refractivity contribution in [2.24, 2.45) is 0 Å². The fourth-order valence-corrected chi connectivity index (χ4v) is 4.36. The highest BCUT2D eigenvalue weighted by Crippen LogP contribution is 2.26. The fourth-order valence-electron chi connectivity index (χ4n) is 2.47. The molecule has 0 radical (unpaired) electrons. The van der Waals surface area contributed by atoms with E-state index in [1.165, 1.54) is 4.31 Å². The van der Waals surface area contributed by atoms with Crippen LogP contribution in [0.15, 0.2) is 22.0 Å². The number of nitrogens with zero attached hydrogens (tertiary/aromatic N) is 2. The van der Waals surface area contributed by atoms with Crippen molar-refractivity contribution in [3.05, 3.63) is 27.6 Å². The van der Waals surface area contributed by atoms with E-state index < -0.39 is 21.7 Å². The van der Waals surface area contributed by atoms with Gasteiger partial charge >= 0.3 is 0 Å². The number of aliphatic hydroxyl groups excluding tert-OH is 1. The molecular weight excluding hydrogens is 318 g/mol. The van der Waals surface area contributed by atoms with Crippen molar-refractivity contribution in [1.82, 2.24) is 14.2 Å². The van der Waals surface area contributed by atoms with E-state index in [-0.39, 0.29) is 22.5 Å². The van der Waals surface area contributed by atoms with Gasteiger partial charge in [0.1, 0.15) is 5.02 Å². The highest BCUT2D eigenvalue weighted by Gasteiger charge is 2.39. The molecule has 1 fully saturated rings. The molecule has 2 N–H and O–H groups in total. The third-order valence-electron chi connectivity index (χ3n) is 3.36. The molecule has 2 rings (SSSR count). The summed E-state index contributed by atoms with van der Waals surface area (Å²) in [6.45, 7) is 0.547. The molecule has 1 aromatic rings. The van der Waals surface area contributed by atoms with Gasteiger partial charge in [-0.25, -0.2) is 8.42 Å². The average molecular weight is 336 g/mol. The Morgan fingerprint density at radius 3 is 2.76 bits per heavy atom. The van der Waals surface area contributed by atoms with Gasteiger partial charge in [-0.15, -0.1) is 0 Å². The number of likely N-dealkylation sites (N-methyl/N-ethyl adjacent to an activating group) is 1. The number of sulfonamides is 1. The van der Waals surface area contributed by atoms with Crippen LogP contribution >= 0.6 is 11.6 Å². The molecule has 2 atom stereocenters. The Morgan fingerprint density at radius 2 is 2.19 bits per heavy atom. The summed E-state index contributed by atoms with van der Waals surface area (Å²) in [4.78, 5) is 15.3. The van der Waals surface area contributed by atoms with Crippen molar-refractivity contribution >= 4 is 21.6 Å². The van der Waals surface area contributed by atoms with Gasteiger partial charge in [0.2, 0.25) is 10.0 Å². The zero-order chi connectivity index (χ0) is 15.8. The summed E-state index contributed by atoms with van der Waals surface area (Å²) in [6.07, 6.45) is 0.818. The Hall–Kier alpha value is -0.930. The molecule has 118 valence electrons. The lowest BCUT2D eigenvalue weighted by molar-refractivity contribution is 0.188. The number of β-amino-alcohol motifs (C(OH)–C–C–N with tert-alkyl or cyclic N) is 1. The van der Waals surface area contributed by atoms with Crippen LogP contribution in [0.4, 0.5) is 0 Å². The third-order valence-corrected chi connectivity index (χ3v) is 5.53. The first-order valence-electron chi connectivity index (χ1n) is 6.44. The smallest absolute Gasteiger partial charge is 0.266 e. The molecule has 0 bridgehead atoms. The standard InChI is InChI=1S/C12H18ClN3O4S/c1-15(2)6-8-3-9(17)7-16(8)21(19,20)10-4-11(13)12(18)14-5-10/h4-5,8-9,17H,3,6-7H2,1-2H3,(H,14,18). The molecule has 2 heterocycles. The van der Waals surface area contributed by atoms with Gasteiger partial charge in [0.05, 0.1) is 11.0 Å². The van der Waals surface area contributed by atoms with Gasteiger partial charge in [0, 0.05) is 25.3 Å². The molecular formula is C12H18ClN3O4S. The Morgan fingerprint density at radius 1 is 1.52 bits per heavy atom. The Bertz CT molecular complexity index is 673. The van der Waals surface area contributed by atoms with Crippen LogP contribution in [0.25, 0.3) is 0 Å². The van der Waals surface area contributed by atoms with Crippen LogP contribution in [-0.4, -0.2) is 67.0 Å². The summed E-state index contributed by atoms with van der Waals surface area (Å²) in [7, 11) is -0.134. The number of aromatic nitrogens is 1. The monoisotopic (exact) mass is 335 g/mol. The van der Waals surface area contributed by atoms with E-state index >= 15 is 0 Å². The molecule has 2 unspecified atom stereocenters. The summed E-state index contributed by atoms with van der Waals surface area (Å²) in [5.41, 5.74) is -0.540. The maximum absolute atomic E-state index is 12.7. The first-order valence-corrected chi connectivity index (χ1v) is 8.26. The van der Waals surface area contributed by atoms with Crippen molar-refractivity contribution in [1.29, 1.82) is 0 Å². The lowest BCUT2D eigenvalue weighted by atomic mass is 10.2. The van der Waals surface area contributed by atoms with E-state index in [4.69, 9.17) is 11.6 Å². The van der Waals surface area contributed by atoms with Crippen molar-refractivity contribution in [3.8, 4) is 0 Å². The highest BCUT2D eigenvalue weighted by atomic mass is 35.5. The second-order valence-corrected chi connectivity index (χ2v) is 7.69. The van der Waals surface area contributed by atoms with E-state index in [9.17, 15) is 18.3 Å². The summed E-state index contributed by atoms with van der Waals surface area (Å²) in [5.74, 6) is 0. The predicted molar refractivity (Wildman–Crippen MR) is 78.9 cm³/mol. The normalized spacial score (nSPS) is 23.9. The van der Waals surface area contributed by atoms with E-state index in [0.717, 1.165) is 12.3 Å². The second-order valence-electron chi connectivity index (χ2n) is 5.39. The predicted octanol–water partition coefficient (Wildman–Crippen LogP) is -0.286. The number of aromatic amines is 1. The van der Waals surface area contributed by atoms with Gasteiger partial charge in [-0.05, 0) is 26.6 Å². The molecule has 0 spiro atoms. The summed E-state index contributed by atoms with van der Waals surface area (Å²) in [6, 6.07) is 0.818. The van der Waals surface area contributed by atoms with Crippen LogP contribution in [-0.2, 0) is 10.0 Å². The third kappa shape index (κ3) is 3.46. The van der Waals surface area contributed by atoms with Crippen LogP contribution in [0.1, 0.15) is 6.42 Å². The largest absolute Gasteiger partial charge is 0.392 e. The Kier molecular flexibility index (Phi) is 4.74. The van der Waals surface area contributed by atoms with E-state index in [1.54, 1.807) is 0 Å². The topological polar surface area (TPSA) is 93.7 Å². The lowest BCUT2D eigenvalue weighted by Gasteiger charge is -2.26. The average Bonchev–Trinajstić information content (AvgIpc) is 2.73. The number of halogens is 1.